The predicted octanol–water partition coefficient (Wildman–Crippen LogP) is 3.45. The van der Waals surface area contributed by atoms with Gasteiger partial charge < -0.3 is 5.32 Å². The number of thiocarbonyl (C=S) groups is 1. The highest BCUT2D eigenvalue weighted by molar-refractivity contribution is 9.10. The molecule has 1 saturated heterocycles. The maximum Gasteiger partial charge on any atom is 0.257 e. The number of benzene rings is 1. The van der Waals surface area contributed by atoms with Gasteiger partial charge in [0, 0.05) is 10.0 Å². The van der Waals surface area contributed by atoms with Crippen LogP contribution in [-0.4, -0.2) is 15.9 Å². The lowest BCUT2D eigenvalue weighted by Crippen LogP contribution is -2.07. The van der Waals surface area contributed by atoms with Crippen LogP contribution in [0.2, 0.25) is 0 Å². The lowest BCUT2D eigenvalue weighted by Gasteiger charge is -2.04. The molecule has 3 rings (SSSR count). The second-order valence-electron chi connectivity index (χ2n) is 4.38. The van der Waals surface area contributed by atoms with Gasteiger partial charge in [0.25, 0.3) is 5.91 Å². The van der Waals surface area contributed by atoms with Gasteiger partial charge in [0.2, 0.25) is 0 Å². The highest BCUT2D eigenvalue weighted by Crippen LogP contribution is 2.43. The first-order valence-electron chi connectivity index (χ1n) is 5.57. The first kappa shape index (κ1) is 13.0. The van der Waals surface area contributed by atoms with Crippen molar-refractivity contribution < 1.29 is 9.59 Å². The van der Waals surface area contributed by atoms with Crippen LogP contribution in [0.1, 0.15) is 17.5 Å². The number of thioether (sulfide) groups is 1. The Morgan fingerprint density at radius 1 is 1.37 bits per heavy atom. The molecule has 19 heavy (non-hydrogen) atoms. The van der Waals surface area contributed by atoms with Gasteiger partial charge in [-0.2, -0.15) is 0 Å². The van der Waals surface area contributed by atoms with Gasteiger partial charge in [0.15, 0.2) is 5.78 Å². The molecule has 0 saturated carbocycles. The van der Waals surface area contributed by atoms with Crippen molar-refractivity contribution in [2.24, 2.45) is 0 Å². The van der Waals surface area contributed by atoms with Crippen molar-refractivity contribution in [3.63, 3.8) is 0 Å². The van der Waals surface area contributed by atoms with Gasteiger partial charge in [-0.1, -0.05) is 39.9 Å². The number of nitrogens with one attached hydrogen (secondary N) is 1. The summed E-state index contributed by atoms with van der Waals surface area (Å²) in [4.78, 5) is 24.6. The number of amides is 1. The van der Waals surface area contributed by atoms with Crippen molar-refractivity contribution in [1.82, 2.24) is 0 Å². The molecule has 1 amide bonds. The monoisotopic (exact) mass is 353 g/mol. The quantitative estimate of drug-likeness (QED) is 0.573. The van der Waals surface area contributed by atoms with E-state index in [9.17, 15) is 9.59 Å². The Kier molecular flexibility index (Phi) is 3.11. The summed E-state index contributed by atoms with van der Waals surface area (Å²) in [5.41, 5.74) is 2.97. The molecule has 6 heteroatoms. The molecule has 2 heterocycles. The van der Waals surface area contributed by atoms with Crippen molar-refractivity contribution in [1.29, 1.82) is 0 Å². The fourth-order valence-electron chi connectivity index (χ4n) is 2.24. The third-order valence-corrected chi connectivity index (χ3v) is 4.90. The molecule has 0 aliphatic carbocycles. The molecule has 0 unspecified atom stereocenters. The number of hydrogen-bond acceptors (Lipinski definition) is 4. The van der Waals surface area contributed by atoms with Crippen LogP contribution in [0.4, 0.5) is 5.69 Å². The molecule has 1 N–H and O–H groups in total. The van der Waals surface area contributed by atoms with E-state index in [0.29, 0.717) is 14.7 Å². The van der Waals surface area contributed by atoms with E-state index in [4.69, 9.17) is 12.2 Å². The third-order valence-electron chi connectivity index (χ3n) is 3.04. The van der Waals surface area contributed by atoms with Gasteiger partial charge in [-0.15, -0.1) is 0 Å². The van der Waals surface area contributed by atoms with Crippen LogP contribution in [0, 0.1) is 6.92 Å². The largest absolute Gasteiger partial charge is 0.321 e. The lowest BCUT2D eigenvalue weighted by molar-refractivity contribution is -0.114. The van der Waals surface area contributed by atoms with Crippen molar-refractivity contribution in [3.8, 4) is 0 Å². The van der Waals surface area contributed by atoms with Crippen molar-refractivity contribution in [3.05, 3.63) is 32.6 Å². The minimum Gasteiger partial charge on any atom is -0.321 e. The number of ketones is 1. The zero-order valence-electron chi connectivity index (χ0n) is 9.87. The molecule has 3 nitrogen and oxygen atoms in total. The molecule has 96 valence electrons. The summed E-state index contributed by atoms with van der Waals surface area (Å²) in [6.45, 7) is 1.92. The Bertz CT molecular complexity index is 694. The summed E-state index contributed by atoms with van der Waals surface area (Å²) < 4.78 is 1.51. The van der Waals surface area contributed by atoms with Crippen LogP contribution in [0.3, 0.4) is 0 Å². The lowest BCUT2D eigenvalue weighted by atomic mass is 10.0. The molecule has 0 atom stereocenters. The zero-order chi connectivity index (χ0) is 13.7. The molecule has 0 radical (unpaired) electrons. The van der Waals surface area contributed by atoms with E-state index in [1.54, 1.807) is 0 Å². The average molecular weight is 354 g/mol. The Hall–Kier alpha value is -0.980. The number of carbonyl (C=O) groups excluding carboxylic acids is 2. The van der Waals surface area contributed by atoms with Gasteiger partial charge in [0.05, 0.1) is 26.8 Å². The first-order valence-corrected chi connectivity index (χ1v) is 7.59. The average Bonchev–Trinajstić information content (AvgIpc) is 2.78. The van der Waals surface area contributed by atoms with E-state index < -0.39 is 0 Å². The van der Waals surface area contributed by atoms with Crippen LogP contribution in [-0.2, 0) is 9.59 Å². The van der Waals surface area contributed by atoms with Gasteiger partial charge >= 0.3 is 0 Å². The number of rotatable bonds is 0. The fraction of sp³-hybridized carbons (Fsp3) is 0.154. The van der Waals surface area contributed by atoms with Crippen molar-refractivity contribution in [2.75, 3.05) is 5.32 Å². The minimum atomic E-state index is -0.225. The molecule has 2 aliphatic heterocycles. The van der Waals surface area contributed by atoms with Crippen LogP contribution in [0.25, 0.3) is 5.57 Å². The molecule has 0 bridgehead atoms. The first-order chi connectivity index (χ1) is 8.97. The predicted molar refractivity (Wildman–Crippen MR) is 84.2 cm³/mol. The molecule has 1 aromatic carbocycles. The van der Waals surface area contributed by atoms with E-state index in [0.717, 1.165) is 21.3 Å². The molecule has 0 spiro atoms. The third kappa shape index (κ3) is 2.07. The van der Waals surface area contributed by atoms with Crippen LogP contribution < -0.4 is 5.32 Å². The molecular weight excluding hydrogens is 346 g/mol. The molecule has 1 aromatic rings. The molecule has 1 fully saturated rings. The highest BCUT2D eigenvalue weighted by atomic mass is 79.9. The highest BCUT2D eigenvalue weighted by Gasteiger charge is 2.35. The van der Waals surface area contributed by atoms with Gasteiger partial charge in [-0.3, -0.25) is 9.59 Å². The van der Waals surface area contributed by atoms with Gasteiger partial charge in [0.1, 0.15) is 0 Å². The SMILES string of the molecule is Cc1cc(Br)cc2c1NC(=O)/C2=C1\SC(=S)CC1=O. The number of hydrogen-bond donors (Lipinski definition) is 1. The van der Waals surface area contributed by atoms with E-state index in [2.05, 4.69) is 21.2 Å². The second kappa shape index (κ2) is 4.54. The molecule has 0 aromatic heterocycles. The van der Waals surface area contributed by atoms with Gasteiger partial charge in [-0.25, -0.2) is 0 Å². The zero-order valence-corrected chi connectivity index (χ0v) is 13.1. The Morgan fingerprint density at radius 2 is 2.11 bits per heavy atom. The topological polar surface area (TPSA) is 46.2 Å². The number of carbonyl (C=O) groups is 2. The normalized spacial score (nSPS) is 21.9. The number of halogens is 1. The summed E-state index contributed by atoms with van der Waals surface area (Å²) in [5, 5.41) is 2.83. The van der Waals surface area contributed by atoms with Crippen LogP contribution >= 0.6 is 39.9 Å². The smallest absolute Gasteiger partial charge is 0.257 e. The van der Waals surface area contributed by atoms with Crippen molar-refractivity contribution in [2.45, 2.75) is 13.3 Å². The molecule has 2 aliphatic rings. The van der Waals surface area contributed by atoms with E-state index in [1.807, 2.05) is 19.1 Å². The van der Waals surface area contributed by atoms with E-state index >= 15 is 0 Å². The minimum absolute atomic E-state index is 0.0642. The number of fused-ring (bicyclic) bond motifs is 1. The van der Waals surface area contributed by atoms with E-state index in [-0.39, 0.29) is 18.1 Å². The standard InChI is InChI=1S/C13H8BrNO2S2/c1-5-2-6(14)3-7-10(13(17)15-11(5)7)12-8(16)4-9(18)19-12/h2-3H,4H2,1H3,(H,15,17)/b12-10-. The summed E-state index contributed by atoms with van der Waals surface area (Å²) in [7, 11) is 0. The maximum absolute atomic E-state index is 12.1. The molecular formula is C13H8BrNO2S2. The Labute approximate surface area is 128 Å². The second-order valence-corrected chi connectivity index (χ2v) is 7.15. The number of anilines is 1. The van der Waals surface area contributed by atoms with Crippen molar-refractivity contribution >= 4 is 67.1 Å². The summed E-state index contributed by atoms with van der Waals surface area (Å²) in [6, 6.07) is 3.79. The number of Topliss-reactive ketones (excluding diaryl/α,β-unsaturated/α-hetero) is 1. The van der Waals surface area contributed by atoms with Crippen LogP contribution in [0.15, 0.2) is 21.5 Å². The van der Waals surface area contributed by atoms with Crippen LogP contribution in [0.5, 0.6) is 0 Å². The Balaban J connectivity index is 2.27. The number of aryl methyl sites for hydroxylation is 1. The number of allylic oxidation sites excluding steroid dienone is 1. The summed E-state index contributed by atoms with van der Waals surface area (Å²) in [6.07, 6.45) is 0.244. The Morgan fingerprint density at radius 3 is 2.74 bits per heavy atom. The summed E-state index contributed by atoms with van der Waals surface area (Å²) >= 11 is 9.72. The fourth-order valence-corrected chi connectivity index (χ4v) is 4.11. The van der Waals surface area contributed by atoms with Gasteiger partial charge in [-0.05, 0) is 24.6 Å². The van der Waals surface area contributed by atoms with E-state index in [1.165, 1.54) is 11.8 Å². The maximum atomic E-state index is 12.1. The summed E-state index contributed by atoms with van der Waals surface area (Å²) in [5.74, 6) is -0.289.